The van der Waals surface area contributed by atoms with Gasteiger partial charge in [0.2, 0.25) is 0 Å². The van der Waals surface area contributed by atoms with Gasteiger partial charge in [0.25, 0.3) is 11.8 Å². The predicted octanol–water partition coefficient (Wildman–Crippen LogP) is 1.87. The molecule has 0 spiro atoms. The lowest BCUT2D eigenvalue weighted by Gasteiger charge is -2.17. The molecule has 0 unspecified atom stereocenters. The molecule has 0 aromatic heterocycles. The lowest BCUT2D eigenvalue weighted by molar-refractivity contribution is 0.0795. The van der Waals surface area contributed by atoms with Crippen molar-refractivity contribution in [1.82, 2.24) is 9.80 Å². The van der Waals surface area contributed by atoms with Gasteiger partial charge in [0.15, 0.2) is 0 Å². The first-order valence-electron chi connectivity index (χ1n) is 6.04. The molecule has 0 atom stereocenters. The van der Waals surface area contributed by atoms with E-state index in [-0.39, 0.29) is 11.8 Å². The van der Waals surface area contributed by atoms with Crippen molar-refractivity contribution in [2.45, 2.75) is 13.3 Å². The first-order valence-corrected chi connectivity index (χ1v) is 6.04. The molecule has 1 aromatic rings. The summed E-state index contributed by atoms with van der Waals surface area (Å²) in [7, 11) is 5.16. The second-order valence-electron chi connectivity index (χ2n) is 4.51. The van der Waals surface area contributed by atoms with Crippen LogP contribution in [0.2, 0.25) is 0 Å². The van der Waals surface area contributed by atoms with E-state index in [2.05, 4.69) is 0 Å². The van der Waals surface area contributed by atoms with E-state index < -0.39 is 0 Å². The smallest absolute Gasteiger partial charge is 0.253 e. The molecule has 0 fully saturated rings. The Kier molecular flexibility index (Phi) is 4.89. The van der Waals surface area contributed by atoms with Gasteiger partial charge in [0.1, 0.15) is 0 Å². The van der Waals surface area contributed by atoms with Crippen molar-refractivity contribution in [1.29, 1.82) is 0 Å². The summed E-state index contributed by atoms with van der Waals surface area (Å²) in [6, 6.07) is 6.85. The second-order valence-corrected chi connectivity index (χ2v) is 4.51. The third-order valence-electron chi connectivity index (χ3n) is 2.67. The van der Waals surface area contributed by atoms with Crippen LogP contribution in [0, 0.1) is 0 Å². The van der Waals surface area contributed by atoms with Crippen molar-refractivity contribution in [2.24, 2.45) is 0 Å². The van der Waals surface area contributed by atoms with Crippen LogP contribution in [0.3, 0.4) is 0 Å². The molecule has 1 aromatic carbocycles. The third kappa shape index (κ3) is 3.32. The van der Waals surface area contributed by atoms with E-state index in [4.69, 9.17) is 0 Å². The Morgan fingerprint density at radius 1 is 1.06 bits per heavy atom. The number of hydrogen-bond donors (Lipinski definition) is 0. The average molecular weight is 248 g/mol. The van der Waals surface area contributed by atoms with Gasteiger partial charge in [0, 0.05) is 38.8 Å². The minimum Gasteiger partial charge on any atom is -0.345 e. The fourth-order valence-corrected chi connectivity index (χ4v) is 1.70. The molecule has 0 aliphatic rings. The molecule has 4 heteroatoms. The van der Waals surface area contributed by atoms with Gasteiger partial charge in [-0.1, -0.05) is 13.0 Å². The van der Waals surface area contributed by atoms with E-state index in [0.717, 1.165) is 6.42 Å². The summed E-state index contributed by atoms with van der Waals surface area (Å²) >= 11 is 0. The molecule has 0 bridgehead atoms. The molecule has 0 aliphatic heterocycles. The fraction of sp³-hybridized carbons (Fsp3) is 0.429. The SMILES string of the molecule is CCCN(C)C(=O)c1cccc(C(=O)N(C)C)c1. The van der Waals surface area contributed by atoms with E-state index in [1.165, 1.54) is 4.90 Å². The lowest BCUT2D eigenvalue weighted by Crippen LogP contribution is -2.28. The zero-order valence-corrected chi connectivity index (χ0v) is 11.4. The van der Waals surface area contributed by atoms with Crippen LogP contribution < -0.4 is 0 Å². The standard InChI is InChI=1S/C14H20N2O2/c1-5-9-16(4)14(18)12-8-6-7-11(10-12)13(17)15(2)3/h6-8,10H,5,9H2,1-4H3. The van der Waals surface area contributed by atoms with E-state index in [0.29, 0.717) is 17.7 Å². The zero-order chi connectivity index (χ0) is 13.7. The van der Waals surface area contributed by atoms with Crippen molar-refractivity contribution in [3.05, 3.63) is 35.4 Å². The van der Waals surface area contributed by atoms with Gasteiger partial charge >= 0.3 is 0 Å². The molecule has 4 nitrogen and oxygen atoms in total. The maximum atomic E-state index is 12.1. The Hall–Kier alpha value is -1.84. The highest BCUT2D eigenvalue weighted by atomic mass is 16.2. The Bertz CT molecular complexity index is 441. The fourth-order valence-electron chi connectivity index (χ4n) is 1.70. The van der Waals surface area contributed by atoms with E-state index in [1.807, 2.05) is 6.92 Å². The van der Waals surface area contributed by atoms with Crippen LogP contribution in [0.1, 0.15) is 34.1 Å². The van der Waals surface area contributed by atoms with Gasteiger partial charge in [-0.25, -0.2) is 0 Å². The monoisotopic (exact) mass is 248 g/mol. The largest absolute Gasteiger partial charge is 0.345 e. The van der Waals surface area contributed by atoms with Gasteiger partial charge < -0.3 is 9.80 Å². The zero-order valence-electron chi connectivity index (χ0n) is 11.4. The number of hydrogen-bond acceptors (Lipinski definition) is 2. The minimum atomic E-state index is -0.0946. The summed E-state index contributed by atoms with van der Waals surface area (Å²) in [5, 5.41) is 0. The molecule has 0 aliphatic carbocycles. The first-order chi connectivity index (χ1) is 8.47. The van der Waals surface area contributed by atoms with Gasteiger partial charge in [0.05, 0.1) is 0 Å². The minimum absolute atomic E-state index is 0.0507. The summed E-state index contributed by atoms with van der Waals surface area (Å²) in [5.41, 5.74) is 1.09. The molecular formula is C14H20N2O2. The van der Waals surface area contributed by atoms with Gasteiger partial charge in [-0.05, 0) is 24.6 Å². The molecule has 0 N–H and O–H groups in total. The van der Waals surface area contributed by atoms with Crippen molar-refractivity contribution in [3.63, 3.8) is 0 Å². The molecule has 0 heterocycles. The Balaban J connectivity index is 2.95. The summed E-state index contributed by atoms with van der Waals surface area (Å²) in [6.07, 6.45) is 0.915. The number of rotatable bonds is 4. The Labute approximate surface area is 108 Å². The van der Waals surface area contributed by atoms with Crippen LogP contribution in [0.4, 0.5) is 0 Å². The molecule has 98 valence electrons. The van der Waals surface area contributed by atoms with Crippen LogP contribution in [0.15, 0.2) is 24.3 Å². The average Bonchev–Trinajstić information content (AvgIpc) is 2.37. The van der Waals surface area contributed by atoms with E-state index >= 15 is 0 Å². The predicted molar refractivity (Wildman–Crippen MR) is 71.7 cm³/mol. The molecule has 18 heavy (non-hydrogen) atoms. The number of benzene rings is 1. The number of carbonyl (C=O) groups excluding carboxylic acids is 2. The molecule has 0 saturated carbocycles. The van der Waals surface area contributed by atoms with Gasteiger partial charge in [-0.2, -0.15) is 0 Å². The summed E-state index contributed by atoms with van der Waals surface area (Å²) in [6.45, 7) is 2.74. The van der Waals surface area contributed by atoms with Crippen molar-refractivity contribution < 1.29 is 9.59 Å². The molecule has 1 rings (SSSR count). The summed E-state index contributed by atoms with van der Waals surface area (Å²) < 4.78 is 0. The number of amides is 2. The highest BCUT2D eigenvalue weighted by Crippen LogP contribution is 2.09. The highest BCUT2D eigenvalue weighted by Gasteiger charge is 2.14. The normalized spacial score (nSPS) is 10.0. The number of nitrogens with zero attached hydrogens (tertiary/aromatic N) is 2. The topological polar surface area (TPSA) is 40.6 Å². The Morgan fingerprint density at radius 3 is 2.11 bits per heavy atom. The van der Waals surface area contributed by atoms with Gasteiger partial charge in [-0.3, -0.25) is 9.59 Å². The van der Waals surface area contributed by atoms with Crippen LogP contribution in [0.25, 0.3) is 0 Å². The third-order valence-corrected chi connectivity index (χ3v) is 2.67. The number of carbonyl (C=O) groups is 2. The van der Waals surface area contributed by atoms with Crippen LogP contribution >= 0.6 is 0 Å². The molecule has 2 amide bonds. The van der Waals surface area contributed by atoms with Crippen molar-refractivity contribution >= 4 is 11.8 Å². The van der Waals surface area contributed by atoms with E-state index in [1.54, 1.807) is 50.3 Å². The second kappa shape index (κ2) is 6.19. The molecule has 0 radical (unpaired) electrons. The van der Waals surface area contributed by atoms with Crippen molar-refractivity contribution in [3.8, 4) is 0 Å². The van der Waals surface area contributed by atoms with Crippen LogP contribution in [0.5, 0.6) is 0 Å². The van der Waals surface area contributed by atoms with Crippen LogP contribution in [-0.2, 0) is 0 Å². The maximum Gasteiger partial charge on any atom is 0.253 e. The molecular weight excluding hydrogens is 228 g/mol. The van der Waals surface area contributed by atoms with E-state index in [9.17, 15) is 9.59 Å². The van der Waals surface area contributed by atoms with Gasteiger partial charge in [-0.15, -0.1) is 0 Å². The highest BCUT2D eigenvalue weighted by molar-refractivity contribution is 5.99. The van der Waals surface area contributed by atoms with Crippen molar-refractivity contribution in [2.75, 3.05) is 27.7 Å². The summed E-state index contributed by atoms with van der Waals surface area (Å²) in [4.78, 5) is 27.1. The first kappa shape index (κ1) is 14.2. The molecule has 0 saturated heterocycles. The lowest BCUT2D eigenvalue weighted by atomic mass is 10.1. The Morgan fingerprint density at radius 2 is 1.61 bits per heavy atom. The van der Waals surface area contributed by atoms with Crippen LogP contribution in [-0.4, -0.2) is 49.3 Å². The quantitative estimate of drug-likeness (QED) is 0.816. The maximum absolute atomic E-state index is 12.1. The summed E-state index contributed by atoms with van der Waals surface area (Å²) in [5.74, 6) is -0.145.